The van der Waals surface area contributed by atoms with E-state index >= 15 is 0 Å². The number of hydrogen-bond acceptors (Lipinski definition) is 3. The number of aromatic nitrogens is 2. The zero-order chi connectivity index (χ0) is 15.9. The van der Waals surface area contributed by atoms with E-state index in [9.17, 15) is 4.79 Å². The van der Waals surface area contributed by atoms with Gasteiger partial charge in [0.15, 0.2) is 0 Å². The standard InChI is InChI=1S/C16H13BrClN3O/c1-9-7-14-10(8-11(9)17)15(19-2)20-16(22)21(14)13-6-4-3-5-12(13)18/h3-8H,1-2H3,(H,19,20,22). The summed E-state index contributed by atoms with van der Waals surface area (Å²) in [7, 11) is 1.74. The third-order valence-electron chi connectivity index (χ3n) is 3.50. The summed E-state index contributed by atoms with van der Waals surface area (Å²) < 4.78 is 2.50. The Balaban J connectivity index is 2.50. The van der Waals surface area contributed by atoms with Crippen LogP contribution in [-0.2, 0) is 0 Å². The summed E-state index contributed by atoms with van der Waals surface area (Å²) in [6.45, 7) is 1.98. The molecular weight excluding hydrogens is 366 g/mol. The van der Waals surface area contributed by atoms with Gasteiger partial charge in [-0.1, -0.05) is 39.7 Å². The van der Waals surface area contributed by atoms with Crippen LogP contribution in [0, 0.1) is 6.92 Å². The first-order valence-corrected chi connectivity index (χ1v) is 7.85. The first-order valence-electron chi connectivity index (χ1n) is 6.68. The van der Waals surface area contributed by atoms with Crippen molar-refractivity contribution >= 4 is 44.3 Å². The molecule has 0 atom stereocenters. The second-order valence-electron chi connectivity index (χ2n) is 4.90. The maximum absolute atomic E-state index is 12.5. The first kappa shape index (κ1) is 15.1. The van der Waals surface area contributed by atoms with Crippen LogP contribution in [0.25, 0.3) is 16.6 Å². The number of fused-ring (bicyclic) bond motifs is 1. The number of nitrogens with one attached hydrogen (secondary N) is 1. The molecule has 6 heteroatoms. The van der Waals surface area contributed by atoms with Gasteiger partial charge in [-0.15, -0.1) is 0 Å². The first-order chi connectivity index (χ1) is 10.5. The predicted octanol–water partition coefficient (Wildman–Crippen LogP) is 4.15. The lowest BCUT2D eigenvalue weighted by atomic mass is 10.1. The van der Waals surface area contributed by atoms with Gasteiger partial charge in [0, 0.05) is 16.9 Å². The largest absolute Gasteiger partial charge is 0.372 e. The number of anilines is 1. The predicted molar refractivity (Wildman–Crippen MR) is 94.3 cm³/mol. The molecule has 1 aromatic heterocycles. The highest BCUT2D eigenvalue weighted by Crippen LogP contribution is 2.29. The van der Waals surface area contributed by atoms with Crippen LogP contribution in [0.4, 0.5) is 5.82 Å². The highest BCUT2D eigenvalue weighted by atomic mass is 79.9. The topological polar surface area (TPSA) is 46.9 Å². The summed E-state index contributed by atoms with van der Waals surface area (Å²) >= 11 is 9.79. The van der Waals surface area contributed by atoms with Crippen LogP contribution in [0.5, 0.6) is 0 Å². The molecule has 4 nitrogen and oxygen atoms in total. The molecule has 112 valence electrons. The monoisotopic (exact) mass is 377 g/mol. The highest BCUT2D eigenvalue weighted by molar-refractivity contribution is 9.10. The Hall–Kier alpha value is -1.85. The van der Waals surface area contributed by atoms with Crippen LogP contribution >= 0.6 is 27.5 Å². The fourth-order valence-electron chi connectivity index (χ4n) is 2.41. The van der Waals surface area contributed by atoms with E-state index in [4.69, 9.17) is 11.6 Å². The van der Waals surface area contributed by atoms with Crippen LogP contribution in [-0.4, -0.2) is 16.6 Å². The Labute approximate surface area is 140 Å². The summed E-state index contributed by atoms with van der Waals surface area (Å²) in [5, 5.41) is 4.32. The fourth-order valence-corrected chi connectivity index (χ4v) is 2.97. The Morgan fingerprint density at radius 2 is 2.00 bits per heavy atom. The van der Waals surface area contributed by atoms with Crippen LogP contribution < -0.4 is 11.0 Å². The second-order valence-corrected chi connectivity index (χ2v) is 6.16. The van der Waals surface area contributed by atoms with Gasteiger partial charge < -0.3 is 5.32 Å². The molecule has 0 fully saturated rings. The molecule has 3 rings (SSSR count). The van der Waals surface area contributed by atoms with Crippen molar-refractivity contribution in [1.82, 2.24) is 9.55 Å². The van der Waals surface area contributed by atoms with Crippen LogP contribution in [0.15, 0.2) is 45.7 Å². The van der Waals surface area contributed by atoms with Gasteiger partial charge in [0.1, 0.15) is 5.82 Å². The van der Waals surface area contributed by atoms with Gasteiger partial charge in [-0.2, -0.15) is 4.98 Å². The molecular formula is C16H13BrClN3O. The van der Waals surface area contributed by atoms with Crippen molar-refractivity contribution in [3.05, 3.63) is 61.9 Å². The minimum absolute atomic E-state index is 0.369. The second kappa shape index (κ2) is 5.74. The number of rotatable bonds is 2. The molecule has 0 amide bonds. The highest BCUT2D eigenvalue weighted by Gasteiger charge is 2.14. The van der Waals surface area contributed by atoms with Crippen LogP contribution in [0.1, 0.15) is 5.56 Å². The molecule has 0 aliphatic carbocycles. The fraction of sp³-hybridized carbons (Fsp3) is 0.125. The molecule has 0 aliphatic heterocycles. The normalized spacial score (nSPS) is 10.9. The van der Waals surface area contributed by atoms with Crippen molar-refractivity contribution in [1.29, 1.82) is 0 Å². The van der Waals surface area contributed by atoms with Crippen LogP contribution in [0.2, 0.25) is 5.02 Å². The van der Waals surface area contributed by atoms with E-state index in [0.717, 1.165) is 20.9 Å². The van der Waals surface area contributed by atoms with Crippen molar-refractivity contribution in [2.24, 2.45) is 0 Å². The molecule has 22 heavy (non-hydrogen) atoms. The third kappa shape index (κ3) is 2.40. The molecule has 3 aromatic rings. The molecule has 0 unspecified atom stereocenters. The van der Waals surface area contributed by atoms with Gasteiger partial charge in [-0.05, 0) is 36.8 Å². The SMILES string of the molecule is CNc1nc(=O)n(-c2ccccc2Cl)c2cc(C)c(Br)cc12. The minimum atomic E-state index is -0.369. The van der Waals surface area contributed by atoms with Gasteiger partial charge in [0.2, 0.25) is 0 Å². The maximum atomic E-state index is 12.5. The lowest BCUT2D eigenvalue weighted by molar-refractivity contribution is 0.960. The van der Waals surface area contributed by atoms with Crippen molar-refractivity contribution in [2.45, 2.75) is 6.92 Å². The number of nitrogens with zero attached hydrogens (tertiary/aromatic N) is 2. The molecule has 0 radical (unpaired) electrons. The molecule has 0 spiro atoms. The van der Waals surface area contributed by atoms with E-state index in [1.807, 2.05) is 31.2 Å². The van der Waals surface area contributed by atoms with E-state index < -0.39 is 0 Å². The number of benzene rings is 2. The van der Waals surface area contributed by atoms with Crippen molar-refractivity contribution in [3.63, 3.8) is 0 Å². The lowest BCUT2D eigenvalue weighted by Gasteiger charge is -2.14. The summed E-state index contributed by atoms with van der Waals surface area (Å²) in [4.78, 5) is 16.6. The van der Waals surface area contributed by atoms with E-state index in [2.05, 4.69) is 26.2 Å². The van der Waals surface area contributed by atoms with Crippen molar-refractivity contribution in [2.75, 3.05) is 12.4 Å². The summed E-state index contributed by atoms with van der Waals surface area (Å²) in [5.74, 6) is 0.545. The summed E-state index contributed by atoms with van der Waals surface area (Å²) in [6, 6.07) is 11.1. The van der Waals surface area contributed by atoms with Gasteiger partial charge in [-0.25, -0.2) is 4.79 Å². The molecule has 0 bridgehead atoms. The van der Waals surface area contributed by atoms with E-state index in [0.29, 0.717) is 16.5 Å². The zero-order valence-corrected chi connectivity index (χ0v) is 14.4. The molecule has 1 heterocycles. The molecule has 0 saturated carbocycles. The number of aryl methyl sites for hydroxylation is 1. The van der Waals surface area contributed by atoms with Gasteiger partial charge in [-0.3, -0.25) is 4.57 Å². The average Bonchev–Trinajstić information content (AvgIpc) is 2.50. The van der Waals surface area contributed by atoms with Gasteiger partial charge >= 0.3 is 5.69 Å². The molecule has 0 saturated heterocycles. The van der Waals surface area contributed by atoms with Crippen molar-refractivity contribution < 1.29 is 0 Å². The summed E-state index contributed by atoms with van der Waals surface area (Å²) in [6.07, 6.45) is 0. The average molecular weight is 379 g/mol. The minimum Gasteiger partial charge on any atom is -0.372 e. The van der Waals surface area contributed by atoms with Crippen molar-refractivity contribution in [3.8, 4) is 5.69 Å². The Bertz CT molecular complexity index is 937. The van der Waals surface area contributed by atoms with Gasteiger partial charge in [0.25, 0.3) is 0 Å². The van der Waals surface area contributed by atoms with E-state index in [-0.39, 0.29) is 5.69 Å². The number of halogens is 2. The lowest BCUT2D eigenvalue weighted by Crippen LogP contribution is -2.23. The zero-order valence-electron chi connectivity index (χ0n) is 12.0. The van der Waals surface area contributed by atoms with E-state index in [1.54, 1.807) is 19.2 Å². The molecule has 2 aromatic carbocycles. The Morgan fingerprint density at radius 3 is 2.68 bits per heavy atom. The maximum Gasteiger partial charge on any atom is 0.354 e. The summed E-state index contributed by atoms with van der Waals surface area (Å²) in [5.41, 5.74) is 2.04. The molecule has 0 aliphatic rings. The smallest absolute Gasteiger partial charge is 0.354 e. The van der Waals surface area contributed by atoms with Crippen LogP contribution in [0.3, 0.4) is 0 Å². The number of hydrogen-bond donors (Lipinski definition) is 1. The third-order valence-corrected chi connectivity index (χ3v) is 4.68. The Morgan fingerprint density at radius 1 is 1.27 bits per heavy atom. The van der Waals surface area contributed by atoms with Gasteiger partial charge in [0.05, 0.1) is 16.2 Å². The Kier molecular flexibility index (Phi) is 3.93. The van der Waals surface area contributed by atoms with E-state index in [1.165, 1.54) is 4.57 Å². The number of para-hydroxylation sites is 1. The molecule has 1 N–H and O–H groups in total. The quantitative estimate of drug-likeness (QED) is 0.728.